The van der Waals surface area contributed by atoms with Crippen LogP contribution in [0.15, 0.2) is 48.5 Å². The number of nitrogens with one attached hydrogen (secondary N) is 2. The Balaban J connectivity index is 2.10. The molecule has 1 unspecified atom stereocenters. The molecule has 0 aliphatic rings. The number of aryl methyl sites for hydroxylation is 1. The van der Waals surface area contributed by atoms with E-state index in [-0.39, 0.29) is 18.4 Å². The number of hydrogen-bond donors (Lipinski definition) is 3. The van der Waals surface area contributed by atoms with Crippen molar-refractivity contribution in [3.8, 4) is 0 Å². The van der Waals surface area contributed by atoms with Crippen molar-refractivity contribution >= 4 is 17.7 Å². The monoisotopic (exact) mass is 367 g/mol. The highest BCUT2D eigenvalue weighted by Crippen LogP contribution is 2.15. The Morgan fingerprint density at radius 1 is 1.07 bits per heavy atom. The Kier molecular flexibility index (Phi) is 7.11. The van der Waals surface area contributed by atoms with E-state index in [0.717, 1.165) is 16.7 Å². The van der Waals surface area contributed by atoms with Crippen molar-refractivity contribution in [1.29, 1.82) is 0 Å². The summed E-state index contributed by atoms with van der Waals surface area (Å²) in [6.07, 6.45) is 1.07. The van der Waals surface area contributed by atoms with Gasteiger partial charge in [-0.05, 0) is 36.1 Å². The van der Waals surface area contributed by atoms with E-state index in [4.69, 9.17) is 5.73 Å². The van der Waals surface area contributed by atoms with E-state index >= 15 is 0 Å². The SMILES string of the molecule is CCCC(=O)NC(C(=O)NCc1ccc(C(N)=O)c(C)c1)c1ccccc1. The minimum absolute atomic E-state index is 0.164. The molecule has 0 bridgehead atoms. The first kappa shape index (κ1) is 20.2. The Bertz CT molecular complexity index is 819. The summed E-state index contributed by atoms with van der Waals surface area (Å²) >= 11 is 0. The molecule has 6 nitrogen and oxygen atoms in total. The van der Waals surface area contributed by atoms with Gasteiger partial charge in [0.1, 0.15) is 6.04 Å². The van der Waals surface area contributed by atoms with Crippen LogP contribution in [-0.2, 0) is 16.1 Å². The van der Waals surface area contributed by atoms with Crippen LogP contribution in [-0.4, -0.2) is 17.7 Å². The van der Waals surface area contributed by atoms with E-state index in [9.17, 15) is 14.4 Å². The minimum Gasteiger partial charge on any atom is -0.366 e. The molecule has 3 amide bonds. The molecule has 0 fully saturated rings. The predicted molar refractivity (Wildman–Crippen MR) is 104 cm³/mol. The summed E-state index contributed by atoms with van der Waals surface area (Å²) in [7, 11) is 0. The van der Waals surface area contributed by atoms with E-state index in [0.29, 0.717) is 18.4 Å². The average Bonchev–Trinajstić information content (AvgIpc) is 2.65. The highest BCUT2D eigenvalue weighted by molar-refractivity contribution is 5.94. The van der Waals surface area contributed by atoms with Crippen molar-refractivity contribution in [2.45, 2.75) is 39.3 Å². The lowest BCUT2D eigenvalue weighted by Gasteiger charge is -2.19. The lowest BCUT2D eigenvalue weighted by molar-refractivity contribution is -0.129. The molecule has 2 aromatic carbocycles. The van der Waals surface area contributed by atoms with E-state index in [2.05, 4.69) is 10.6 Å². The van der Waals surface area contributed by atoms with Crippen LogP contribution >= 0.6 is 0 Å². The third kappa shape index (κ3) is 5.67. The van der Waals surface area contributed by atoms with Gasteiger partial charge in [0.05, 0.1) is 0 Å². The summed E-state index contributed by atoms with van der Waals surface area (Å²) in [6, 6.07) is 13.6. The lowest BCUT2D eigenvalue weighted by Crippen LogP contribution is -2.40. The zero-order valence-corrected chi connectivity index (χ0v) is 15.6. The molecule has 142 valence electrons. The normalized spacial score (nSPS) is 11.5. The van der Waals surface area contributed by atoms with Gasteiger partial charge in [0, 0.05) is 18.5 Å². The van der Waals surface area contributed by atoms with Gasteiger partial charge in [-0.3, -0.25) is 14.4 Å². The molecule has 2 rings (SSSR count). The highest BCUT2D eigenvalue weighted by atomic mass is 16.2. The average molecular weight is 367 g/mol. The second kappa shape index (κ2) is 9.52. The number of carbonyl (C=O) groups excluding carboxylic acids is 3. The van der Waals surface area contributed by atoms with E-state index in [1.165, 1.54) is 0 Å². The zero-order valence-electron chi connectivity index (χ0n) is 15.6. The predicted octanol–water partition coefficient (Wildman–Crippen LogP) is 2.37. The second-order valence-electron chi connectivity index (χ2n) is 6.39. The molecule has 0 spiro atoms. The summed E-state index contributed by atoms with van der Waals surface area (Å²) in [5, 5.41) is 5.64. The molecular formula is C21H25N3O3. The molecule has 0 heterocycles. The molecule has 0 radical (unpaired) electrons. The topological polar surface area (TPSA) is 101 Å². The number of hydrogen-bond acceptors (Lipinski definition) is 3. The smallest absolute Gasteiger partial charge is 0.248 e. The number of rotatable bonds is 8. The van der Waals surface area contributed by atoms with Gasteiger partial charge in [-0.25, -0.2) is 0 Å². The van der Waals surface area contributed by atoms with Crippen LogP contribution in [0.4, 0.5) is 0 Å². The maximum atomic E-state index is 12.7. The Hall–Kier alpha value is -3.15. The van der Waals surface area contributed by atoms with Crippen LogP contribution in [0.1, 0.15) is 52.9 Å². The molecule has 4 N–H and O–H groups in total. The van der Waals surface area contributed by atoms with Gasteiger partial charge in [0.15, 0.2) is 0 Å². The molecule has 0 saturated heterocycles. The van der Waals surface area contributed by atoms with Crippen LogP contribution in [0, 0.1) is 6.92 Å². The summed E-state index contributed by atoms with van der Waals surface area (Å²) in [4.78, 5) is 36.0. The van der Waals surface area contributed by atoms with Crippen molar-refractivity contribution in [3.63, 3.8) is 0 Å². The summed E-state index contributed by atoms with van der Waals surface area (Å²) < 4.78 is 0. The maximum Gasteiger partial charge on any atom is 0.248 e. The van der Waals surface area contributed by atoms with E-state index in [1.54, 1.807) is 19.1 Å². The first-order valence-electron chi connectivity index (χ1n) is 8.93. The largest absolute Gasteiger partial charge is 0.366 e. The minimum atomic E-state index is -0.753. The fourth-order valence-electron chi connectivity index (χ4n) is 2.81. The Morgan fingerprint density at radius 2 is 1.78 bits per heavy atom. The van der Waals surface area contributed by atoms with Crippen molar-refractivity contribution in [2.24, 2.45) is 5.73 Å². The number of benzene rings is 2. The van der Waals surface area contributed by atoms with E-state index in [1.807, 2.05) is 43.3 Å². The van der Waals surface area contributed by atoms with Crippen LogP contribution in [0.3, 0.4) is 0 Å². The summed E-state index contributed by atoms with van der Waals surface area (Å²) in [5.41, 5.74) is 8.09. The molecule has 0 aliphatic heterocycles. The van der Waals surface area contributed by atoms with Gasteiger partial charge in [-0.2, -0.15) is 0 Å². The van der Waals surface area contributed by atoms with Crippen molar-refractivity contribution in [2.75, 3.05) is 0 Å². The first-order chi connectivity index (χ1) is 12.9. The van der Waals surface area contributed by atoms with Gasteiger partial charge in [-0.15, -0.1) is 0 Å². The van der Waals surface area contributed by atoms with Gasteiger partial charge < -0.3 is 16.4 Å². The molecule has 1 atom stereocenters. The number of nitrogens with two attached hydrogens (primary N) is 1. The first-order valence-corrected chi connectivity index (χ1v) is 8.93. The molecule has 0 saturated carbocycles. The molecule has 0 aliphatic carbocycles. The van der Waals surface area contributed by atoms with Crippen molar-refractivity contribution in [3.05, 3.63) is 70.8 Å². The highest BCUT2D eigenvalue weighted by Gasteiger charge is 2.22. The van der Waals surface area contributed by atoms with Crippen molar-refractivity contribution < 1.29 is 14.4 Å². The maximum absolute atomic E-state index is 12.7. The third-order valence-corrected chi connectivity index (χ3v) is 4.20. The quantitative estimate of drug-likeness (QED) is 0.667. The molecule has 0 aromatic heterocycles. The van der Waals surface area contributed by atoms with Gasteiger partial charge in [0.25, 0.3) is 0 Å². The zero-order chi connectivity index (χ0) is 19.8. The Morgan fingerprint density at radius 3 is 2.37 bits per heavy atom. The molecule has 2 aromatic rings. The fourth-order valence-corrected chi connectivity index (χ4v) is 2.81. The van der Waals surface area contributed by atoms with Gasteiger partial charge >= 0.3 is 0 Å². The van der Waals surface area contributed by atoms with Crippen LogP contribution in [0.2, 0.25) is 0 Å². The summed E-state index contributed by atoms with van der Waals surface area (Å²) in [6.45, 7) is 3.99. The standard InChI is InChI=1S/C21H25N3O3/c1-3-7-18(25)24-19(16-8-5-4-6-9-16)21(27)23-13-15-10-11-17(20(22)26)14(2)12-15/h4-6,8-12,19H,3,7,13H2,1-2H3,(H2,22,26)(H,23,27)(H,24,25). The molecular weight excluding hydrogens is 342 g/mol. The Labute approximate surface area is 159 Å². The van der Waals surface area contributed by atoms with Gasteiger partial charge in [0.2, 0.25) is 17.7 Å². The molecule has 6 heteroatoms. The van der Waals surface area contributed by atoms with E-state index < -0.39 is 11.9 Å². The van der Waals surface area contributed by atoms with Crippen LogP contribution in [0.25, 0.3) is 0 Å². The summed E-state index contributed by atoms with van der Waals surface area (Å²) in [5.74, 6) is -0.934. The third-order valence-electron chi connectivity index (χ3n) is 4.20. The second-order valence-corrected chi connectivity index (χ2v) is 6.39. The fraction of sp³-hybridized carbons (Fsp3) is 0.286. The number of amides is 3. The van der Waals surface area contributed by atoms with Crippen molar-refractivity contribution in [1.82, 2.24) is 10.6 Å². The number of primary amides is 1. The molecule has 27 heavy (non-hydrogen) atoms. The number of carbonyl (C=O) groups is 3. The lowest BCUT2D eigenvalue weighted by atomic mass is 10.0. The van der Waals surface area contributed by atoms with Gasteiger partial charge in [-0.1, -0.05) is 49.4 Å². The van der Waals surface area contributed by atoms with Crippen LogP contribution in [0.5, 0.6) is 0 Å². The van der Waals surface area contributed by atoms with Crippen LogP contribution < -0.4 is 16.4 Å².